The first-order chi connectivity index (χ1) is 11.8. The van der Waals surface area contributed by atoms with Crippen LogP contribution in [-0.2, 0) is 0 Å². The molecule has 2 aromatic heterocycles. The van der Waals surface area contributed by atoms with Gasteiger partial charge in [0.2, 0.25) is 0 Å². The summed E-state index contributed by atoms with van der Waals surface area (Å²) in [6, 6.07) is 11.6. The lowest BCUT2D eigenvalue weighted by Gasteiger charge is -2.26. The van der Waals surface area contributed by atoms with Crippen molar-refractivity contribution in [3.05, 3.63) is 48.9 Å². The number of aromatic amines is 1. The van der Waals surface area contributed by atoms with Crippen LogP contribution < -0.4 is 4.90 Å². The maximum atomic E-state index is 4.54. The number of hydrogen-bond acceptors (Lipinski definition) is 3. The minimum Gasteiger partial charge on any atom is -0.366 e. The zero-order chi connectivity index (χ0) is 16.1. The van der Waals surface area contributed by atoms with Crippen LogP contribution >= 0.6 is 0 Å². The van der Waals surface area contributed by atoms with Crippen molar-refractivity contribution >= 4 is 16.6 Å². The third kappa shape index (κ3) is 2.21. The summed E-state index contributed by atoms with van der Waals surface area (Å²) >= 11 is 0. The van der Waals surface area contributed by atoms with Crippen molar-refractivity contribution in [1.82, 2.24) is 14.9 Å². The number of pyridine rings is 1. The molecule has 1 aromatic carbocycles. The van der Waals surface area contributed by atoms with Crippen molar-refractivity contribution in [2.24, 2.45) is 5.92 Å². The van der Waals surface area contributed by atoms with Gasteiger partial charge in [-0.15, -0.1) is 0 Å². The molecular weight excluding hydrogens is 296 g/mol. The number of benzene rings is 1. The highest BCUT2D eigenvalue weighted by Crippen LogP contribution is 2.35. The zero-order valence-electron chi connectivity index (χ0n) is 13.9. The van der Waals surface area contributed by atoms with Gasteiger partial charge in [-0.2, -0.15) is 0 Å². The Labute approximate surface area is 142 Å². The maximum Gasteiger partial charge on any atom is 0.0562 e. The van der Waals surface area contributed by atoms with Gasteiger partial charge in [0.15, 0.2) is 0 Å². The second kappa shape index (κ2) is 5.35. The summed E-state index contributed by atoms with van der Waals surface area (Å²) in [5.41, 5.74) is 4.86. The van der Waals surface area contributed by atoms with Crippen LogP contribution in [0.1, 0.15) is 6.42 Å². The van der Waals surface area contributed by atoms with E-state index in [4.69, 9.17) is 0 Å². The average molecular weight is 318 g/mol. The number of aromatic nitrogens is 2. The molecule has 4 heteroatoms. The minimum absolute atomic E-state index is 0.651. The van der Waals surface area contributed by atoms with Crippen LogP contribution in [0.2, 0.25) is 0 Å². The molecular formula is C20H22N4. The fourth-order valence-electron chi connectivity index (χ4n) is 4.46. The van der Waals surface area contributed by atoms with Gasteiger partial charge >= 0.3 is 0 Å². The highest BCUT2D eigenvalue weighted by atomic mass is 15.3. The third-order valence-electron chi connectivity index (χ3n) is 5.67. The quantitative estimate of drug-likeness (QED) is 0.787. The van der Waals surface area contributed by atoms with Gasteiger partial charge in [0, 0.05) is 49.1 Å². The lowest BCUT2D eigenvalue weighted by atomic mass is 10.0. The van der Waals surface area contributed by atoms with Crippen LogP contribution in [0.25, 0.3) is 22.0 Å². The molecule has 0 amide bonds. The van der Waals surface area contributed by atoms with Crippen molar-refractivity contribution in [2.75, 3.05) is 31.6 Å². The molecule has 5 rings (SSSR count). The number of rotatable bonds is 2. The topological polar surface area (TPSA) is 35.2 Å². The second-order valence-corrected chi connectivity index (χ2v) is 7.24. The molecule has 2 fully saturated rings. The van der Waals surface area contributed by atoms with Crippen molar-refractivity contribution in [3.63, 3.8) is 0 Å². The fraction of sp³-hybridized carbons (Fsp3) is 0.350. The van der Waals surface area contributed by atoms with E-state index in [1.54, 1.807) is 0 Å². The van der Waals surface area contributed by atoms with Crippen LogP contribution in [0.5, 0.6) is 0 Å². The molecule has 0 radical (unpaired) electrons. The van der Waals surface area contributed by atoms with Gasteiger partial charge in [0.05, 0.1) is 11.9 Å². The smallest absolute Gasteiger partial charge is 0.0562 e. The van der Waals surface area contributed by atoms with Crippen molar-refractivity contribution < 1.29 is 0 Å². The average Bonchev–Trinajstić information content (AvgIpc) is 3.29. The number of hydrogen-bond donors (Lipinski definition) is 1. The molecule has 4 nitrogen and oxygen atoms in total. The number of nitrogens with one attached hydrogen (secondary N) is 1. The Morgan fingerprint density at radius 1 is 1.08 bits per heavy atom. The van der Waals surface area contributed by atoms with Crippen LogP contribution in [0.4, 0.5) is 5.69 Å². The molecule has 2 saturated heterocycles. The molecule has 3 aromatic rings. The van der Waals surface area contributed by atoms with Crippen molar-refractivity contribution in [1.29, 1.82) is 0 Å². The normalized spacial score (nSPS) is 24.0. The van der Waals surface area contributed by atoms with Crippen LogP contribution in [-0.4, -0.2) is 47.6 Å². The van der Waals surface area contributed by atoms with Gasteiger partial charge in [-0.25, -0.2) is 0 Å². The van der Waals surface area contributed by atoms with Crippen LogP contribution in [0, 0.1) is 5.92 Å². The summed E-state index contributed by atoms with van der Waals surface area (Å²) < 4.78 is 0. The Kier molecular flexibility index (Phi) is 3.13. The summed E-state index contributed by atoms with van der Waals surface area (Å²) in [5.74, 6) is 0.814. The number of fused-ring (bicyclic) bond motifs is 2. The predicted molar refractivity (Wildman–Crippen MR) is 98.3 cm³/mol. The molecule has 0 spiro atoms. The van der Waals surface area contributed by atoms with Gasteiger partial charge in [-0.3, -0.25) is 4.98 Å². The number of H-pyrrole nitrogens is 1. The standard InChI is InChI=1S/C20H22N4/c1-23-12-16-5-7-24(20(16)13-23)18-8-17(10-21-11-18)15-3-2-14-4-6-22-19(14)9-15/h2-4,6,8-11,16,20,22H,5,7,12-13H2,1H3/t16-,20+/m0/s1. The minimum atomic E-state index is 0.651. The largest absolute Gasteiger partial charge is 0.366 e. The van der Waals surface area contributed by atoms with E-state index >= 15 is 0 Å². The molecule has 1 N–H and O–H groups in total. The van der Waals surface area contributed by atoms with E-state index < -0.39 is 0 Å². The molecule has 122 valence electrons. The number of likely N-dealkylation sites (N-methyl/N-ethyl adjacent to an activating group) is 1. The van der Waals surface area contributed by atoms with Crippen molar-refractivity contribution in [2.45, 2.75) is 12.5 Å². The molecule has 0 saturated carbocycles. The van der Waals surface area contributed by atoms with E-state index in [0.29, 0.717) is 6.04 Å². The van der Waals surface area contributed by atoms with E-state index in [1.807, 2.05) is 18.6 Å². The lowest BCUT2D eigenvalue weighted by Crippen LogP contribution is -2.34. The Morgan fingerprint density at radius 2 is 2.04 bits per heavy atom. The molecule has 0 unspecified atom stereocenters. The third-order valence-corrected chi connectivity index (χ3v) is 5.67. The van der Waals surface area contributed by atoms with E-state index in [1.165, 1.54) is 47.2 Å². The number of likely N-dealkylation sites (tertiary alicyclic amines) is 1. The Morgan fingerprint density at radius 3 is 3.00 bits per heavy atom. The number of anilines is 1. The van der Waals surface area contributed by atoms with Crippen molar-refractivity contribution in [3.8, 4) is 11.1 Å². The van der Waals surface area contributed by atoms with E-state index in [0.717, 1.165) is 12.5 Å². The van der Waals surface area contributed by atoms with E-state index in [-0.39, 0.29) is 0 Å². The molecule has 0 aliphatic carbocycles. The van der Waals surface area contributed by atoms with Gasteiger partial charge < -0.3 is 14.8 Å². The lowest BCUT2D eigenvalue weighted by molar-refractivity contribution is 0.386. The monoisotopic (exact) mass is 318 g/mol. The SMILES string of the molecule is CN1C[C@@H]2CCN(c3cncc(-c4ccc5cc[nH]c5c4)c3)[C@@H]2C1. The van der Waals surface area contributed by atoms with Crippen LogP contribution in [0.3, 0.4) is 0 Å². The molecule has 4 heterocycles. The van der Waals surface area contributed by atoms with Gasteiger partial charge in [-0.05, 0) is 48.5 Å². The maximum absolute atomic E-state index is 4.54. The van der Waals surface area contributed by atoms with Crippen LogP contribution in [0.15, 0.2) is 48.9 Å². The summed E-state index contributed by atoms with van der Waals surface area (Å²) in [5, 5.41) is 1.25. The zero-order valence-corrected chi connectivity index (χ0v) is 13.9. The van der Waals surface area contributed by atoms with Gasteiger partial charge in [0.1, 0.15) is 0 Å². The molecule has 2 atom stereocenters. The fourth-order valence-corrected chi connectivity index (χ4v) is 4.46. The van der Waals surface area contributed by atoms with E-state index in [2.05, 4.69) is 57.1 Å². The van der Waals surface area contributed by atoms with Gasteiger partial charge in [-0.1, -0.05) is 12.1 Å². The first kappa shape index (κ1) is 14.1. The molecule has 2 aliphatic rings. The summed E-state index contributed by atoms with van der Waals surface area (Å²) in [7, 11) is 2.23. The first-order valence-electron chi connectivity index (χ1n) is 8.76. The van der Waals surface area contributed by atoms with Gasteiger partial charge in [0.25, 0.3) is 0 Å². The number of nitrogens with zero attached hydrogens (tertiary/aromatic N) is 3. The molecule has 24 heavy (non-hydrogen) atoms. The Hall–Kier alpha value is -2.33. The Bertz CT molecular complexity index is 884. The predicted octanol–water partition coefficient (Wildman–Crippen LogP) is 3.37. The first-order valence-corrected chi connectivity index (χ1v) is 8.76. The summed E-state index contributed by atoms with van der Waals surface area (Å²) in [6.07, 6.45) is 7.29. The summed E-state index contributed by atoms with van der Waals surface area (Å²) in [4.78, 5) is 12.9. The molecule has 2 aliphatic heterocycles. The summed E-state index contributed by atoms with van der Waals surface area (Å²) in [6.45, 7) is 3.56. The highest BCUT2D eigenvalue weighted by Gasteiger charge is 2.40. The highest BCUT2D eigenvalue weighted by molar-refractivity contribution is 5.85. The molecule has 0 bridgehead atoms. The second-order valence-electron chi connectivity index (χ2n) is 7.24. The Balaban J connectivity index is 1.50. The van der Waals surface area contributed by atoms with E-state index in [9.17, 15) is 0 Å².